The van der Waals surface area contributed by atoms with Gasteiger partial charge in [-0.25, -0.2) is 14.0 Å². The number of ether oxygens (including phenoxy) is 3. The van der Waals surface area contributed by atoms with Crippen molar-refractivity contribution in [3.8, 4) is 22.6 Å². The van der Waals surface area contributed by atoms with E-state index in [0.29, 0.717) is 60.6 Å². The van der Waals surface area contributed by atoms with Crippen molar-refractivity contribution >= 4 is 23.8 Å². The van der Waals surface area contributed by atoms with Crippen LogP contribution in [0.15, 0.2) is 60.7 Å². The zero-order valence-corrected chi connectivity index (χ0v) is 29.0. The first-order valence-corrected chi connectivity index (χ1v) is 17.6. The van der Waals surface area contributed by atoms with Crippen LogP contribution in [0.25, 0.3) is 11.1 Å². The lowest BCUT2D eigenvalue weighted by molar-refractivity contribution is 0.0275. The monoisotopic (exact) mass is 687 g/mol. The molecule has 0 spiro atoms. The second-order valence-corrected chi connectivity index (χ2v) is 14.5. The number of likely N-dealkylation sites (tertiary alicyclic amines) is 2. The number of benzene rings is 3. The number of anilines is 1. The molecule has 11 heteroatoms. The molecule has 50 heavy (non-hydrogen) atoms. The lowest BCUT2D eigenvalue weighted by Gasteiger charge is -2.27. The van der Waals surface area contributed by atoms with Crippen molar-refractivity contribution in [2.24, 2.45) is 0 Å². The number of amides is 3. The molecule has 3 fully saturated rings. The van der Waals surface area contributed by atoms with E-state index in [1.54, 1.807) is 41.3 Å². The Morgan fingerprint density at radius 1 is 0.800 bits per heavy atom. The minimum atomic E-state index is -0.984. The van der Waals surface area contributed by atoms with Gasteiger partial charge >= 0.3 is 12.2 Å². The molecule has 0 radical (unpaired) electrons. The Labute approximate surface area is 292 Å². The smallest absolute Gasteiger partial charge is 0.410 e. The maximum absolute atomic E-state index is 13.8. The van der Waals surface area contributed by atoms with Crippen LogP contribution in [0.4, 0.5) is 19.7 Å². The van der Waals surface area contributed by atoms with E-state index in [9.17, 15) is 23.9 Å². The zero-order valence-electron chi connectivity index (χ0n) is 29.0. The lowest BCUT2D eigenvalue weighted by Crippen LogP contribution is -2.36. The molecule has 0 bridgehead atoms. The molecule has 6 rings (SSSR count). The van der Waals surface area contributed by atoms with Crippen molar-refractivity contribution in [2.75, 3.05) is 31.5 Å². The van der Waals surface area contributed by atoms with Gasteiger partial charge in [-0.2, -0.15) is 0 Å². The van der Waals surface area contributed by atoms with Gasteiger partial charge in [0.05, 0.1) is 13.1 Å². The molecule has 3 aromatic carbocycles. The molecule has 1 saturated carbocycles. The molecule has 2 atom stereocenters. The van der Waals surface area contributed by atoms with Crippen LogP contribution in [0.2, 0.25) is 0 Å². The molecule has 0 unspecified atom stereocenters. The summed E-state index contributed by atoms with van der Waals surface area (Å²) in [6, 6.07) is 16.9. The maximum atomic E-state index is 13.8. The molecule has 2 heterocycles. The predicted octanol–water partition coefficient (Wildman–Crippen LogP) is 8.31. The predicted molar refractivity (Wildman–Crippen MR) is 188 cm³/mol. The normalized spacial score (nSPS) is 19.7. The van der Waals surface area contributed by atoms with E-state index in [-0.39, 0.29) is 42.5 Å². The van der Waals surface area contributed by atoms with Gasteiger partial charge in [-0.1, -0.05) is 31.4 Å². The lowest BCUT2D eigenvalue weighted by atomic mass is 9.83. The van der Waals surface area contributed by atoms with Gasteiger partial charge in [0.25, 0.3) is 5.91 Å². The molecule has 2 aliphatic heterocycles. The summed E-state index contributed by atoms with van der Waals surface area (Å²) >= 11 is 0. The van der Waals surface area contributed by atoms with Gasteiger partial charge in [0.2, 0.25) is 0 Å². The minimum Gasteiger partial charge on any atom is -0.488 e. The largest absolute Gasteiger partial charge is 0.488 e. The first-order chi connectivity index (χ1) is 23.9. The van der Waals surface area contributed by atoms with Crippen LogP contribution in [0.5, 0.6) is 11.5 Å². The van der Waals surface area contributed by atoms with Crippen molar-refractivity contribution in [1.29, 1.82) is 0 Å². The van der Waals surface area contributed by atoms with E-state index >= 15 is 0 Å². The fourth-order valence-electron chi connectivity index (χ4n) is 6.97. The van der Waals surface area contributed by atoms with Gasteiger partial charge in [-0.3, -0.25) is 4.79 Å². The van der Waals surface area contributed by atoms with Crippen LogP contribution in [0.1, 0.15) is 87.6 Å². The van der Waals surface area contributed by atoms with E-state index in [1.807, 2.05) is 32.9 Å². The Hall–Kier alpha value is -4.80. The molecule has 2 N–H and O–H groups in total. The Balaban J connectivity index is 1.20. The maximum Gasteiger partial charge on any atom is 0.410 e. The van der Waals surface area contributed by atoms with Crippen molar-refractivity contribution < 1.29 is 38.1 Å². The summed E-state index contributed by atoms with van der Waals surface area (Å²) in [5.74, 6) is 0.882. The number of carbonyl (C=O) groups is 3. The van der Waals surface area contributed by atoms with Crippen LogP contribution in [-0.2, 0) is 4.74 Å². The summed E-state index contributed by atoms with van der Waals surface area (Å²) < 4.78 is 32.2. The molecule has 0 aromatic heterocycles. The summed E-state index contributed by atoms with van der Waals surface area (Å²) in [5.41, 5.74) is 2.83. The standard InChI is InChI=1S/C39H46FN3O7/c1-39(2,3)50-38(47)43-20-18-31(24-43)49-34-15-11-27(21-32(34)25-7-5-4-6-8-25)36(44)41-29-14-16-35(48-30-17-19-42(23-30)37(45)46)33(22-29)26-9-12-28(40)13-10-26/h9-16,21-22,25,30-31H,4-8,17-20,23-24H2,1-3H3,(H,41,44)(H,45,46)/t30-,31-/m0/s1. The molecule has 1 aliphatic carbocycles. The molecule has 10 nitrogen and oxygen atoms in total. The number of halogens is 1. The summed E-state index contributed by atoms with van der Waals surface area (Å²) in [4.78, 5) is 40.8. The van der Waals surface area contributed by atoms with Crippen LogP contribution in [0, 0.1) is 5.82 Å². The number of carbonyl (C=O) groups excluding carboxylic acids is 2. The minimum absolute atomic E-state index is 0.174. The van der Waals surface area contributed by atoms with Gasteiger partial charge in [-0.05, 0) is 99.2 Å². The van der Waals surface area contributed by atoms with E-state index in [4.69, 9.17) is 14.2 Å². The van der Waals surface area contributed by atoms with Gasteiger partial charge in [0, 0.05) is 42.7 Å². The number of hydrogen-bond donors (Lipinski definition) is 2. The van der Waals surface area contributed by atoms with E-state index in [1.165, 1.54) is 23.5 Å². The highest BCUT2D eigenvalue weighted by Gasteiger charge is 2.32. The van der Waals surface area contributed by atoms with Crippen molar-refractivity contribution in [2.45, 2.75) is 89.4 Å². The first-order valence-electron chi connectivity index (χ1n) is 17.6. The number of nitrogens with one attached hydrogen (secondary N) is 1. The van der Waals surface area contributed by atoms with Gasteiger partial charge in [0.1, 0.15) is 35.1 Å². The Morgan fingerprint density at radius 3 is 2.10 bits per heavy atom. The fourth-order valence-corrected chi connectivity index (χ4v) is 6.97. The molecular weight excluding hydrogens is 641 g/mol. The van der Waals surface area contributed by atoms with E-state index < -0.39 is 11.7 Å². The number of nitrogens with zero attached hydrogens (tertiary/aromatic N) is 2. The second kappa shape index (κ2) is 15.0. The summed E-state index contributed by atoms with van der Waals surface area (Å²) in [5, 5.41) is 12.4. The summed E-state index contributed by atoms with van der Waals surface area (Å²) in [6.07, 6.45) is 4.89. The third-order valence-electron chi connectivity index (χ3n) is 9.51. The molecule has 3 aromatic rings. The third kappa shape index (κ3) is 8.67. The van der Waals surface area contributed by atoms with Crippen molar-refractivity contribution in [3.05, 3.63) is 77.6 Å². The first kappa shape index (κ1) is 35.0. The molecule has 3 amide bonds. The topological polar surface area (TPSA) is 118 Å². The summed E-state index contributed by atoms with van der Waals surface area (Å²) in [6.45, 7) is 7.20. The highest BCUT2D eigenvalue weighted by molar-refractivity contribution is 6.05. The molecular formula is C39H46FN3O7. The van der Waals surface area contributed by atoms with E-state index in [2.05, 4.69) is 5.32 Å². The van der Waals surface area contributed by atoms with Crippen molar-refractivity contribution in [3.63, 3.8) is 0 Å². The van der Waals surface area contributed by atoms with Crippen LogP contribution in [-0.4, -0.2) is 77.0 Å². The Kier molecular flexibility index (Phi) is 10.5. The Morgan fingerprint density at radius 2 is 1.44 bits per heavy atom. The molecule has 2 saturated heterocycles. The summed E-state index contributed by atoms with van der Waals surface area (Å²) in [7, 11) is 0. The van der Waals surface area contributed by atoms with Gasteiger partial charge in [-0.15, -0.1) is 0 Å². The average molecular weight is 688 g/mol. The third-order valence-corrected chi connectivity index (χ3v) is 9.51. The SMILES string of the molecule is CC(C)(C)OC(=O)N1CC[C@H](Oc2ccc(C(=O)Nc3ccc(O[C@H]4CCN(C(=O)O)C4)c(-c4ccc(F)cc4)c3)cc2C2CCCCC2)C1. The highest BCUT2D eigenvalue weighted by atomic mass is 19.1. The highest BCUT2D eigenvalue weighted by Crippen LogP contribution is 2.40. The molecule has 3 aliphatic rings. The van der Waals surface area contributed by atoms with Gasteiger partial charge < -0.3 is 34.4 Å². The quantitative estimate of drug-likeness (QED) is 0.245. The van der Waals surface area contributed by atoms with Crippen molar-refractivity contribution in [1.82, 2.24) is 9.80 Å². The van der Waals surface area contributed by atoms with Crippen LogP contribution < -0.4 is 14.8 Å². The average Bonchev–Trinajstić information content (AvgIpc) is 3.76. The van der Waals surface area contributed by atoms with Crippen LogP contribution in [0.3, 0.4) is 0 Å². The fraction of sp³-hybridized carbons (Fsp3) is 0.462. The number of carboxylic acid groups (broad SMARTS) is 1. The Bertz CT molecular complexity index is 1700. The second-order valence-electron chi connectivity index (χ2n) is 14.5. The zero-order chi connectivity index (χ0) is 35.4. The van der Waals surface area contributed by atoms with E-state index in [0.717, 1.165) is 37.0 Å². The van der Waals surface area contributed by atoms with Crippen LogP contribution >= 0.6 is 0 Å². The van der Waals surface area contributed by atoms with Gasteiger partial charge in [0.15, 0.2) is 0 Å². The number of hydrogen-bond acceptors (Lipinski definition) is 6. The number of rotatable bonds is 8. The molecule has 266 valence electrons.